The van der Waals surface area contributed by atoms with Gasteiger partial charge < -0.3 is 9.15 Å². The van der Waals surface area contributed by atoms with E-state index in [1.165, 1.54) is 30.5 Å². The van der Waals surface area contributed by atoms with Crippen LogP contribution in [-0.2, 0) is 4.79 Å². The van der Waals surface area contributed by atoms with Gasteiger partial charge in [-0.3, -0.25) is 25.0 Å². The summed E-state index contributed by atoms with van der Waals surface area (Å²) in [7, 11) is 0. The van der Waals surface area contributed by atoms with E-state index in [1.54, 1.807) is 38.1 Å². The maximum absolute atomic E-state index is 12.0. The second-order valence-corrected chi connectivity index (χ2v) is 6.75. The summed E-state index contributed by atoms with van der Waals surface area (Å²) in [5.74, 6) is 0.718. The highest BCUT2D eigenvalue weighted by Crippen LogP contribution is 2.28. The average Bonchev–Trinajstić information content (AvgIpc) is 3.22. The van der Waals surface area contributed by atoms with E-state index < -0.39 is 15.8 Å². The number of carbonyl (C=O) groups is 1. The van der Waals surface area contributed by atoms with Gasteiger partial charge in [-0.2, -0.15) is 5.10 Å². The number of ether oxygens (including phenoxy) is 1. The van der Waals surface area contributed by atoms with Gasteiger partial charge in [-0.15, -0.1) is 0 Å². The van der Waals surface area contributed by atoms with Crippen LogP contribution in [0.4, 0.5) is 11.4 Å². The second kappa shape index (κ2) is 9.51. The Hall–Kier alpha value is -4.54. The number of rotatable bonds is 8. The Balaban J connectivity index is 1.55. The number of carbonyl (C=O) groups excluding carboxylic acids is 1. The van der Waals surface area contributed by atoms with Crippen LogP contribution in [0.2, 0.25) is 0 Å². The van der Waals surface area contributed by atoms with Crippen LogP contribution in [0.25, 0.3) is 11.3 Å². The average molecular weight is 438 g/mol. The highest BCUT2D eigenvalue weighted by molar-refractivity contribution is 5.81. The molecule has 11 heteroatoms. The molecule has 1 amide bonds. The Labute approximate surface area is 181 Å². The first-order chi connectivity index (χ1) is 15.2. The minimum absolute atomic E-state index is 0.0221. The van der Waals surface area contributed by atoms with Crippen LogP contribution in [0.15, 0.2) is 58.0 Å². The third-order valence-corrected chi connectivity index (χ3v) is 4.37. The molecule has 164 valence electrons. The van der Waals surface area contributed by atoms with E-state index in [9.17, 15) is 25.0 Å². The lowest BCUT2D eigenvalue weighted by atomic mass is 10.1. The standard InChI is InChI=1S/C21H18N4O7/c1-13-9-17(25(29)30)10-14(2)21(13)31-12-20(26)23-22-11-18-7-8-19(32-18)15-3-5-16(6-4-15)24(27)28/h3-11H,12H2,1-2H3,(H,23,26). The molecule has 0 saturated heterocycles. The molecule has 2 aromatic carbocycles. The maximum Gasteiger partial charge on any atom is 0.277 e. The number of benzene rings is 2. The molecule has 1 N–H and O–H groups in total. The van der Waals surface area contributed by atoms with Crippen molar-refractivity contribution < 1.29 is 23.8 Å². The number of hydrogen-bond donors (Lipinski definition) is 1. The Morgan fingerprint density at radius 3 is 2.25 bits per heavy atom. The van der Waals surface area contributed by atoms with Gasteiger partial charge in [0.15, 0.2) is 6.61 Å². The maximum atomic E-state index is 12.0. The van der Waals surface area contributed by atoms with E-state index in [0.717, 1.165) is 0 Å². The lowest BCUT2D eigenvalue weighted by molar-refractivity contribution is -0.385. The number of aryl methyl sites for hydroxylation is 2. The number of furan rings is 1. The minimum atomic E-state index is -0.527. The first-order valence-electron chi connectivity index (χ1n) is 9.29. The molecule has 3 aromatic rings. The molecule has 0 saturated carbocycles. The van der Waals surface area contributed by atoms with Crippen molar-refractivity contribution in [3.8, 4) is 17.1 Å². The highest BCUT2D eigenvalue weighted by atomic mass is 16.6. The van der Waals surface area contributed by atoms with Crippen LogP contribution < -0.4 is 10.2 Å². The Morgan fingerprint density at radius 1 is 1.03 bits per heavy atom. The van der Waals surface area contributed by atoms with E-state index >= 15 is 0 Å². The van der Waals surface area contributed by atoms with Crippen molar-refractivity contribution in [2.45, 2.75) is 13.8 Å². The molecule has 0 radical (unpaired) electrons. The van der Waals surface area contributed by atoms with Crippen molar-refractivity contribution >= 4 is 23.5 Å². The number of hydrogen-bond acceptors (Lipinski definition) is 8. The molecule has 0 aliphatic heterocycles. The van der Waals surface area contributed by atoms with Gasteiger partial charge in [-0.05, 0) is 49.2 Å². The molecule has 32 heavy (non-hydrogen) atoms. The molecule has 0 aliphatic carbocycles. The van der Waals surface area contributed by atoms with Crippen molar-refractivity contribution in [2.75, 3.05) is 6.61 Å². The van der Waals surface area contributed by atoms with Crippen LogP contribution in [0.5, 0.6) is 5.75 Å². The smallest absolute Gasteiger partial charge is 0.277 e. The molecule has 0 fully saturated rings. The second-order valence-electron chi connectivity index (χ2n) is 6.75. The third-order valence-electron chi connectivity index (χ3n) is 4.37. The van der Waals surface area contributed by atoms with Crippen molar-refractivity contribution in [2.24, 2.45) is 5.10 Å². The van der Waals surface area contributed by atoms with E-state index in [1.807, 2.05) is 0 Å². The first-order valence-corrected chi connectivity index (χ1v) is 9.29. The molecule has 0 unspecified atom stereocenters. The summed E-state index contributed by atoms with van der Waals surface area (Å²) in [5, 5.41) is 25.4. The fraction of sp³-hybridized carbons (Fsp3) is 0.143. The van der Waals surface area contributed by atoms with Gasteiger partial charge in [0.05, 0.1) is 16.1 Å². The Kier molecular flexibility index (Phi) is 6.59. The number of hydrazone groups is 1. The summed E-state index contributed by atoms with van der Waals surface area (Å²) in [6, 6.07) is 11.9. The Bertz CT molecular complexity index is 1180. The van der Waals surface area contributed by atoms with Crippen molar-refractivity contribution in [1.82, 2.24) is 5.43 Å². The number of nitro benzene ring substituents is 2. The van der Waals surface area contributed by atoms with Crippen molar-refractivity contribution in [1.29, 1.82) is 0 Å². The molecule has 0 atom stereocenters. The van der Waals surface area contributed by atoms with Crippen molar-refractivity contribution in [3.63, 3.8) is 0 Å². The lowest BCUT2D eigenvalue weighted by Gasteiger charge is -2.11. The SMILES string of the molecule is Cc1cc([N+](=O)[O-])cc(C)c1OCC(=O)NN=Cc1ccc(-c2ccc([N+](=O)[O-])cc2)o1. The fourth-order valence-corrected chi connectivity index (χ4v) is 2.92. The molecule has 0 aliphatic rings. The van der Waals surface area contributed by atoms with E-state index in [2.05, 4.69) is 10.5 Å². The van der Waals surface area contributed by atoms with E-state index in [0.29, 0.717) is 34.0 Å². The predicted molar refractivity (Wildman–Crippen MR) is 115 cm³/mol. The van der Waals surface area contributed by atoms with Gasteiger partial charge >= 0.3 is 0 Å². The van der Waals surface area contributed by atoms with E-state index in [4.69, 9.17) is 9.15 Å². The predicted octanol–water partition coefficient (Wildman–Crippen LogP) is 3.91. The van der Waals surface area contributed by atoms with Crippen molar-refractivity contribution in [3.05, 3.63) is 85.6 Å². The number of nitro groups is 2. The normalized spacial score (nSPS) is 10.8. The van der Waals surface area contributed by atoms with E-state index in [-0.39, 0.29) is 18.0 Å². The van der Waals surface area contributed by atoms with Crippen LogP contribution in [-0.4, -0.2) is 28.6 Å². The molecule has 0 spiro atoms. The first kappa shape index (κ1) is 22.2. The summed E-state index contributed by atoms with van der Waals surface area (Å²) in [6.45, 7) is 2.98. The zero-order valence-corrected chi connectivity index (χ0v) is 17.1. The van der Waals surface area contributed by atoms with Gasteiger partial charge in [-0.1, -0.05) is 0 Å². The molecule has 1 heterocycles. The minimum Gasteiger partial charge on any atom is -0.483 e. The van der Waals surface area contributed by atoms with Gasteiger partial charge in [-0.25, -0.2) is 5.43 Å². The zero-order valence-electron chi connectivity index (χ0n) is 17.1. The molecule has 11 nitrogen and oxygen atoms in total. The monoisotopic (exact) mass is 438 g/mol. The molecule has 0 bridgehead atoms. The van der Waals surface area contributed by atoms with Gasteiger partial charge in [0, 0.05) is 29.8 Å². The largest absolute Gasteiger partial charge is 0.483 e. The number of nitrogens with zero attached hydrogens (tertiary/aromatic N) is 3. The number of nitrogens with one attached hydrogen (secondary N) is 1. The molecule has 3 rings (SSSR count). The summed E-state index contributed by atoms with van der Waals surface area (Å²) in [6.07, 6.45) is 1.30. The molecule has 1 aromatic heterocycles. The summed E-state index contributed by atoms with van der Waals surface area (Å²) in [5.41, 5.74) is 3.97. The summed E-state index contributed by atoms with van der Waals surface area (Å²) < 4.78 is 11.1. The number of amides is 1. The highest BCUT2D eigenvalue weighted by Gasteiger charge is 2.14. The topological polar surface area (TPSA) is 150 Å². The fourth-order valence-electron chi connectivity index (χ4n) is 2.92. The van der Waals surface area contributed by atoms with Crippen LogP contribution in [0.1, 0.15) is 16.9 Å². The lowest BCUT2D eigenvalue weighted by Crippen LogP contribution is -2.25. The summed E-state index contributed by atoms with van der Waals surface area (Å²) >= 11 is 0. The van der Waals surface area contributed by atoms with Gasteiger partial charge in [0.2, 0.25) is 0 Å². The summed E-state index contributed by atoms with van der Waals surface area (Å²) in [4.78, 5) is 32.6. The van der Waals surface area contributed by atoms with Gasteiger partial charge in [0.1, 0.15) is 17.3 Å². The van der Waals surface area contributed by atoms with Crippen LogP contribution in [0, 0.1) is 34.1 Å². The quantitative estimate of drug-likeness (QED) is 0.318. The molecular weight excluding hydrogens is 420 g/mol. The van der Waals surface area contributed by atoms with Gasteiger partial charge in [0.25, 0.3) is 17.3 Å². The zero-order chi connectivity index (χ0) is 23.3. The Morgan fingerprint density at radius 2 is 1.66 bits per heavy atom. The third kappa shape index (κ3) is 5.33. The molecular formula is C21H18N4O7. The number of non-ortho nitro benzene ring substituents is 2. The van der Waals surface area contributed by atoms with Crippen LogP contribution >= 0.6 is 0 Å². The van der Waals surface area contributed by atoms with Crippen LogP contribution in [0.3, 0.4) is 0 Å².